The van der Waals surface area contributed by atoms with Gasteiger partial charge >= 0.3 is 5.97 Å². The molecule has 0 aliphatic heterocycles. The normalized spacial score (nSPS) is 15.9. The third-order valence-electron chi connectivity index (χ3n) is 3.30. The van der Waals surface area contributed by atoms with Gasteiger partial charge in [-0.3, -0.25) is 4.79 Å². The second kappa shape index (κ2) is 5.93. The summed E-state index contributed by atoms with van der Waals surface area (Å²) >= 11 is 0. The van der Waals surface area contributed by atoms with Crippen LogP contribution in [-0.4, -0.2) is 31.3 Å². The van der Waals surface area contributed by atoms with Crippen LogP contribution in [0, 0.1) is 5.92 Å². The number of carboxylic acids is 1. The average molecular weight is 265 g/mol. The van der Waals surface area contributed by atoms with E-state index >= 15 is 0 Å². The highest BCUT2D eigenvalue weighted by Gasteiger charge is 2.35. The van der Waals surface area contributed by atoms with Crippen molar-refractivity contribution >= 4 is 5.97 Å². The van der Waals surface area contributed by atoms with Gasteiger partial charge in [-0.05, 0) is 36.5 Å². The zero-order chi connectivity index (χ0) is 13.8. The summed E-state index contributed by atoms with van der Waals surface area (Å²) in [7, 11) is 3.19. The summed E-state index contributed by atoms with van der Waals surface area (Å²) < 4.78 is 10.4. The second-order valence-corrected chi connectivity index (χ2v) is 4.76. The quantitative estimate of drug-likeness (QED) is 0.784. The van der Waals surface area contributed by atoms with Gasteiger partial charge in [0.15, 0.2) is 0 Å². The number of aliphatic carboxylic acids is 1. The largest absolute Gasteiger partial charge is 0.497 e. The standard InChI is InChI=1S/C14H19NO4/c1-18-11-5-9(6-12(7-11)19-2)8-15-13(14(16)17)10-3-4-10/h5-7,10,13,15H,3-4,8H2,1-2H3,(H,16,17). The van der Waals surface area contributed by atoms with Gasteiger partial charge in [0, 0.05) is 12.6 Å². The van der Waals surface area contributed by atoms with Crippen LogP contribution in [0.25, 0.3) is 0 Å². The Morgan fingerprint density at radius 1 is 1.32 bits per heavy atom. The van der Waals surface area contributed by atoms with E-state index in [4.69, 9.17) is 14.6 Å². The lowest BCUT2D eigenvalue weighted by Gasteiger charge is -2.14. The fourth-order valence-electron chi connectivity index (χ4n) is 2.08. The molecule has 0 heterocycles. The molecule has 1 aliphatic rings. The lowest BCUT2D eigenvalue weighted by atomic mass is 10.1. The molecule has 0 bridgehead atoms. The second-order valence-electron chi connectivity index (χ2n) is 4.76. The van der Waals surface area contributed by atoms with E-state index in [2.05, 4.69) is 5.32 Å². The number of carboxylic acid groups (broad SMARTS) is 1. The summed E-state index contributed by atoms with van der Waals surface area (Å²) in [5, 5.41) is 12.2. The predicted molar refractivity (Wildman–Crippen MR) is 70.5 cm³/mol. The number of rotatable bonds is 7. The fourth-order valence-corrected chi connectivity index (χ4v) is 2.08. The maximum absolute atomic E-state index is 11.1. The molecule has 1 saturated carbocycles. The molecule has 1 fully saturated rings. The van der Waals surface area contributed by atoms with Crippen LogP contribution in [0.3, 0.4) is 0 Å². The van der Waals surface area contributed by atoms with Crippen molar-refractivity contribution in [2.75, 3.05) is 14.2 Å². The number of benzene rings is 1. The molecule has 0 spiro atoms. The summed E-state index contributed by atoms with van der Waals surface area (Å²) in [6, 6.07) is 5.08. The molecule has 5 nitrogen and oxygen atoms in total. The Bertz CT molecular complexity index is 435. The SMILES string of the molecule is COc1cc(CNC(C(=O)O)C2CC2)cc(OC)c1. The van der Waals surface area contributed by atoms with Gasteiger partial charge in [0.05, 0.1) is 14.2 Å². The van der Waals surface area contributed by atoms with Crippen LogP contribution in [0.4, 0.5) is 0 Å². The van der Waals surface area contributed by atoms with Gasteiger partial charge < -0.3 is 19.9 Å². The van der Waals surface area contributed by atoms with Crippen molar-refractivity contribution in [3.63, 3.8) is 0 Å². The minimum atomic E-state index is -0.780. The Morgan fingerprint density at radius 3 is 2.32 bits per heavy atom. The van der Waals surface area contributed by atoms with Gasteiger partial charge in [0.25, 0.3) is 0 Å². The molecule has 1 aromatic rings. The molecule has 0 aromatic heterocycles. The summed E-state index contributed by atoms with van der Waals surface area (Å²) in [5.74, 6) is 0.895. The highest BCUT2D eigenvalue weighted by molar-refractivity contribution is 5.74. The van der Waals surface area contributed by atoms with E-state index in [1.165, 1.54) is 0 Å². The van der Waals surface area contributed by atoms with E-state index in [1.807, 2.05) is 12.1 Å². The molecule has 1 unspecified atom stereocenters. The van der Waals surface area contributed by atoms with Crippen LogP contribution >= 0.6 is 0 Å². The molecule has 1 aromatic carbocycles. The smallest absolute Gasteiger partial charge is 0.320 e. The lowest BCUT2D eigenvalue weighted by molar-refractivity contribution is -0.140. The molecule has 5 heteroatoms. The Morgan fingerprint density at radius 2 is 1.89 bits per heavy atom. The predicted octanol–water partition coefficient (Wildman–Crippen LogP) is 1.66. The van der Waals surface area contributed by atoms with Gasteiger partial charge in [-0.1, -0.05) is 0 Å². The molecule has 19 heavy (non-hydrogen) atoms. The van der Waals surface area contributed by atoms with Crippen LogP contribution < -0.4 is 14.8 Å². The fraction of sp³-hybridized carbons (Fsp3) is 0.500. The maximum atomic E-state index is 11.1. The Hall–Kier alpha value is -1.75. The number of carbonyl (C=O) groups is 1. The van der Waals surface area contributed by atoms with Crippen molar-refractivity contribution in [2.24, 2.45) is 5.92 Å². The monoisotopic (exact) mass is 265 g/mol. The third-order valence-corrected chi connectivity index (χ3v) is 3.30. The molecule has 2 rings (SSSR count). The van der Waals surface area contributed by atoms with Crippen molar-refractivity contribution in [3.05, 3.63) is 23.8 Å². The number of methoxy groups -OCH3 is 2. The van der Waals surface area contributed by atoms with Crippen LogP contribution in [0.2, 0.25) is 0 Å². The van der Waals surface area contributed by atoms with E-state index in [0.29, 0.717) is 18.0 Å². The zero-order valence-corrected chi connectivity index (χ0v) is 11.2. The minimum absolute atomic E-state index is 0.269. The van der Waals surface area contributed by atoms with Crippen molar-refractivity contribution in [2.45, 2.75) is 25.4 Å². The molecular weight excluding hydrogens is 246 g/mol. The van der Waals surface area contributed by atoms with E-state index in [0.717, 1.165) is 18.4 Å². The highest BCUT2D eigenvalue weighted by atomic mass is 16.5. The van der Waals surface area contributed by atoms with Crippen molar-refractivity contribution in [1.82, 2.24) is 5.32 Å². The van der Waals surface area contributed by atoms with Crippen LogP contribution in [0.1, 0.15) is 18.4 Å². The summed E-state index contributed by atoms with van der Waals surface area (Å²) in [6.07, 6.45) is 1.98. The van der Waals surface area contributed by atoms with Crippen LogP contribution in [0.5, 0.6) is 11.5 Å². The van der Waals surface area contributed by atoms with Gasteiger partial charge in [-0.15, -0.1) is 0 Å². The van der Waals surface area contributed by atoms with Crippen LogP contribution in [-0.2, 0) is 11.3 Å². The number of hydrogen-bond acceptors (Lipinski definition) is 4. The first-order chi connectivity index (χ1) is 9.13. The molecule has 1 aliphatic carbocycles. The molecule has 1 atom stereocenters. The van der Waals surface area contributed by atoms with Gasteiger partial charge in [0.1, 0.15) is 17.5 Å². The van der Waals surface area contributed by atoms with E-state index in [1.54, 1.807) is 20.3 Å². The Kier molecular flexibility index (Phi) is 4.27. The topological polar surface area (TPSA) is 67.8 Å². The number of hydrogen-bond donors (Lipinski definition) is 2. The first kappa shape index (κ1) is 13.7. The van der Waals surface area contributed by atoms with E-state index in [-0.39, 0.29) is 5.92 Å². The Balaban J connectivity index is 2.03. The van der Waals surface area contributed by atoms with Crippen LogP contribution in [0.15, 0.2) is 18.2 Å². The molecule has 2 N–H and O–H groups in total. The maximum Gasteiger partial charge on any atom is 0.320 e. The highest BCUT2D eigenvalue weighted by Crippen LogP contribution is 2.33. The zero-order valence-electron chi connectivity index (χ0n) is 11.2. The van der Waals surface area contributed by atoms with Gasteiger partial charge in [0.2, 0.25) is 0 Å². The molecular formula is C14H19NO4. The Labute approximate surface area is 112 Å². The number of ether oxygens (including phenoxy) is 2. The molecule has 0 amide bonds. The molecule has 104 valence electrons. The summed E-state index contributed by atoms with van der Waals surface area (Å²) in [6.45, 7) is 0.487. The van der Waals surface area contributed by atoms with Crippen molar-refractivity contribution in [1.29, 1.82) is 0 Å². The van der Waals surface area contributed by atoms with Crippen molar-refractivity contribution < 1.29 is 19.4 Å². The van der Waals surface area contributed by atoms with Crippen molar-refractivity contribution in [3.8, 4) is 11.5 Å². The first-order valence-electron chi connectivity index (χ1n) is 6.32. The summed E-state index contributed by atoms with van der Waals surface area (Å²) in [5.41, 5.74) is 0.947. The van der Waals surface area contributed by atoms with Gasteiger partial charge in [-0.2, -0.15) is 0 Å². The third kappa shape index (κ3) is 3.61. The minimum Gasteiger partial charge on any atom is -0.497 e. The summed E-state index contributed by atoms with van der Waals surface area (Å²) in [4.78, 5) is 11.1. The average Bonchev–Trinajstić information content (AvgIpc) is 3.22. The number of nitrogens with one attached hydrogen (secondary N) is 1. The van der Waals surface area contributed by atoms with E-state index in [9.17, 15) is 4.79 Å². The molecule has 0 saturated heterocycles. The van der Waals surface area contributed by atoms with Gasteiger partial charge in [-0.25, -0.2) is 0 Å². The lowest BCUT2D eigenvalue weighted by Crippen LogP contribution is -2.38. The molecule has 0 radical (unpaired) electrons. The first-order valence-corrected chi connectivity index (χ1v) is 6.32. The van der Waals surface area contributed by atoms with E-state index < -0.39 is 12.0 Å².